The summed E-state index contributed by atoms with van der Waals surface area (Å²) in [4.78, 5) is 27.5. The van der Waals surface area contributed by atoms with E-state index >= 15 is 0 Å². The highest BCUT2D eigenvalue weighted by Gasteiger charge is 2.25. The van der Waals surface area contributed by atoms with Crippen LogP contribution in [0.5, 0.6) is 0 Å². The number of hydrogen-bond donors (Lipinski definition) is 1. The first-order chi connectivity index (χ1) is 14.9. The Labute approximate surface area is 188 Å². The molecule has 0 aliphatic heterocycles. The molecule has 0 aromatic heterocycles. The lowest BCUT2D eigenvalue weighted by molar-refractivity contribution is -0.139. The monoisotopic (exact) mass is 422 g/mol. The SMILES string of the molecule is CCCCNC(=O)[C@@H](C)N(CCc1ccccc1)C(=O)CCc1ccc(C(C)C)cc1. The van der Waals surface area contributed by atoms with Gasteiger partial charge in [0.05, 0.1) is 0 Å². The fraction of sp³-hybridized carbons (Fsp3) is 0.481. The number of rotatable bonds is 12. The van der Waals surface area contributed by atoms with E-state index in [0.717, 1.165) is 24.8 Å². The Kier molecular flexibility index (Phi) is 10.3. The summed E-state index contributed by atoms with van der Waals surface area (Å²) in [5, 5.41) is 2.97. The van der Waals surface area contributed by atoms with Crippen LogP contribution < -0.4 is 5.32 Å². The first-order valence-electron chi connectivity index (χ1n) is 11.6. The van der Waals surface area contributed by atoms with Gasteiger partial charge in [-0.2, -0.15) is 0 Å². The molecule has 0 unspecified atom stereocenters. The third kappa shape index (κ3) is 8.20. The molecule has 1 N–H and O–H groups in total. The van der Waals surface area contributed by atoms with E-state index in [4.69, 9.17) is 0 Å². The van der Waals surface area contributed by atoms with Gasteiger partial charge in [0.15, 0.2) is 0 Å². The number of nitrogens with one attached hydrogen (secondary N) is 1. The van der Waals surface area contributed by atoms with Crippen LogP contribution in [-0.4, -0.2) is 35.8 Å². The van der Waals surface area contributed by atoms with E-state index in [2.05, 4.69) is 62.5 Å². The van der Waals surface area contributed by atoms with Crippen molar-refractivity contribution in [1.29, 1.82) is 0 Å². The van der Waals surface area contributed by atoms with Crippen LogP contribution in [0.3, 0.4) is 0 Å². The minimum atomic E-state index is -0.476. The van der Waals surface area contributed by atoms with E-state index in [1.54, 1.807) is 4.90 Å². The Balaban J connectivity index is 2.02. The van der Waals surface area contributed by atoms with E-state index in [0.29, 0.717) is 31.8 Å². The second-order valence-corrected chi connectivity index (χ2v) is 8.54. The Morgan fingerprint density at radius 1 is 0.903 bits per heavy atom. The Morgan fingerprint density at radius 2 is 1.55 bits per heavy atom. The molecule has 0 aliphatic rings. The summed E-state index contributed by atoms with van der Waals surface area (Å²) < 4.78 is 0. The zero-order valence-electron chi connectivity index (χ0n) is 19.6. The summed E-state index contributed by atoms with van der Waals surface area (Å²) in [6.07, 6.45) is 3.80. The Morgan fingerprint density at radius 3 is 2.16 bits per heavy atom. The summed E-state index contributed by atoms with van der Waals surface area (Å²) >= 11 is 0. The van der Waals surface area contributed by atoms with Crippen LogP contribution in [0.25, 0.3) is 0 Å². The maximum atomic E-state index is 13.1. The molecule has 168 valence electrons. The van der Waals surface area contributed by atoms with E-state index in [-0.39, 0.29) is 11.8 Å². The van der Waals surface area contributed by atoms with Crippen LogP contribution in [0, 0.1) is 0 Å². The molecule has 2 aromatic rings. The number of carbonyl (C=O) groups excluding carboxylic acids is 2. The lowest BCUT2D eigenvalue weighted by atomic mass is 10.00. The molecule has 0 radical (unpaired) electrons. The molecular weight excluding hydrogens is 384 g/mol. The minimum Gasteiger partial charge on any atom is -0.354 e. The van der Waals surface area contributed by atoms with E-state index < -0.39 is 6.04 Å². The minimum absolute atomic E-state index is 0.0296. The molecule has 4 nitrogen and oxygen atoms in total. The topological polar surface area (TPSA) is 49.4 Å². The number of benzene rings is 2. The van der Waals surface area contributed by atoms with Gasteiger partial charge >= 0.3 is 0 Å². The van der Waals surface area contributed by atoms with Crippen molar-refractivity contribution in [3.63, 3.8) is 0 Å². The fourth-order valence-corrected chi connectivity index (χ4v) is 3.57. The second-order valence-electron chi connectivity index (χ2n) is 8.54. The average Bonchev–Trinajstić information content (AvgIpc) is 2.78. The van der Waals surface area contributed by atoms with Crippen molar-refractivity contribution in [2.45, 2.75) is 71.8 Å². The predicted molar refractivity (Wildman–Crippen MR) is 128 cm³/mol. The second kappa shape index (κ2) is 12.9. The standard InChI is InChI=1S/C27H38N2O2/c1-5-6-19-28-27(31)22(4)29(20-18-23-10-8-7-9-11-23)26(30)17-14-24-12-15-25(16-13-24)21(2)3/h7-13,15-16,21-22H,5-6,14,17-20H2,1-4H3,(H,28,31)/t22-/m1/s1. The summed E-state index contributed by atoms with van der Waals surface area (Å²) in [5.41, 5.74) is 3.63. The van der Waals surface area contributed by atoms with Gasteiger partial charge in [0.25, 0.3) is 0 Å². The van der Waals surface area contributed by atoms with Crippen LogP contribution >= 0.6 is 0 Å². The summed E-state index contributed by atoms with van der Waals surface area (Å²) in [6.45, 7) is 9.48. The van der Waals surface area contributed by atoms with Crippen molar-refractivity contribution < 1.29 is 9.59 Å². The molecule has 0 saturated heterocycles. The van der Waals surface area contributed by atoms with Gasteiger partial charge in [0.1, 0.15) is 6.04 Å². The van der Waals surface area contributed by atoms with Gasteiger partial charge in [-0.15, -0.1) is 0 Å². The smallest absolute Gasteiger partial charge is 0.242 e. The molecular formula is C27H38N2O2. The molecule has 0 heterocycles. The molecule has 2 rings (SSSR count). The molecule has 2 aromatic carbocycles. The molecule has 0 spiro atoms. The van der Waals surface area contributed by atoms with Crippen molar-refractivity contribution in [3.05, 3.63) is 71.3 Å². The Bertz CT molecular complexity index is 800. The normalized spacial score (nSPS) is 11.9. The van der Waals surface area contributed by atoms with Gasteiger partial charge in [-0.1, -0.05) is 81.8 Å². The van der Waals surface area contributed by atoms with Crippen molar-refractivity contribution >= 4 is 11.8 Å². The zero-order valence-corrected chi connectivity index (χ0v) is 19.6. The number of carbonyl (C=O) groups is 2. The van der Waals surface area contributed by atoms with Crippen LogP contribution in [0.15, 0.2) is 54.6 Å². The van der Waals surface area contributed by atoms with Crippen molar-refractivity contribution in [1.82, 2.24) is 10.2 Å². The number of aryl methyl sites for hydroxylation is 1. The van der Waals surface area contributed by atoms with Gasteiger partial charge in [-0.3, -0.25) is 9.59 Å². The van der Waals surface area contributed by atoms with Crippen molar-refractivity contribution in [2.24, 2.45) is 0 Å². The molecule has 0 fully saturated rings. The average molecular weight is 423 g/mol. The van der Waals surface area contributed by atoms with Gasteiger partial charge < -0.3 is 10.2 Å². The third-order valence-electron chi connectivity index (χ3n) is 5.75. The lowest BCUT2D eigenvalue weighted by Crippen LogP contribution is -2.49. The molecule has 0 aliphatic carbocycles. The van der Waals surface area contributed by atoms with Gasteiger partial charge in [0, 0.05) is 19.5 Å². The zero-order chi connectivity index (χ0) is 22.6. The maximum Gasteiger partial charge on any atom is 0.242 e. The number of nitrogens with zero attached hydrogens (tertiary/aromatic N) is 1. The highest BCUT2D eigenvalue weighted by Crippen LogP contribution is 2.16. The van der Waals surface area contributed by atoms with Crippen LogP contribution in [0.2, 0.25) is 0 Å². The van der Waals surface area contributed by atoms with Gasteiger partial charge in [0.2, 0.25) is 11.8 Å². The summed E-state index contributed by atoms with van der Waals surface area (Å²) in [5.74, 6) is 0.453. The third-order valence-corrected chi connectivity index (χ3v) is 5.75. The van der Waals surface area contributed by atoms with E-state index in [1.807, 2.05) is 25.1 Å². The molecule has 1 atom stereocenters. The highest BCUT2D eigenvalue weighted by molar-refractivity contribution is 5.87. The molecule has 4 heteroatoms. The first kappa shape index (κ1) is 24.6. The molecule has 0 saturated carbocycles. The highest BCUT2D eigenvalue weighted by atomic mass is 16.2. The van der Waals surface area contributed by atoms with Gasteiger partial charge in [-0.05, 0) is 48.8 Å². The van der Waals surface area contributed by atoms with Crippen molar-refractivity contribution in [2.75, 3.05) is 13.1 Å². The Hall–Kier alpha value is -2.62. The predicted octanol–water partition coefficient (Wildman–Crippen LogP) is 5.12. The molecule has 2 amide bonds. The van der Waals surface area contributed by atoms with Gasteiger partial charge in [-0.25, -0.2) is 0 Å². The fourth-order valence-electron chi connectivity index (χ4n) is 3.57. The van der Waals surface area contributed by atoms with Crippen molar-refractivity contribution in [3.8, 4) is 0 Å². The van der Waals surface area contributed by atoms with Crippen LogP contribution in [0.1, 0.15) is 69.6 Å². The first-order valence-corrected chi connectivity index (χ1v) is 11.6. The number of unbranched alkanes of at least 4 members (excludes halogenated alkanes) is 1. The summed E-state index contributed by atoms with van der Waals surface area (Å²) in [7, 11) is 0. The molecule has 0 bridgehead atoms. The maximum absolute atomic E-state index is 13.1. The number of amides is 2. The van der Waals surface area contributed by atoms with E-state index in [9.17, 15) is 9.59 Å². The quantitative estimate of drug-likeness (QED) is 0.483. The lowest BCUT2D eigenvalue weighted by Gasteiger charge is -2.29. The van der Waals surface area contributed by atoms with Crippen LogP contribution in [0.4, 0.5) is 0 Å². The summed E-state index contributed by atoms with van der Waals surface area (Å²) in [6, 6.07) is 18.1. The molecule has 31 heavy (non-hydrogen) atoms. The largest absolute Gasteiger partial charge is 0.354 e. The van der Waals surface area contributed by atoms with E-state index in [1.165, 1.54) is 11.1 Å². The number of hydrogen-bond acceptors (Lipinski definition) is 2. The van der Waals surface area contributed by atoms with Crippen LogP contribution in [-0.2, 0) is 22.4 Å².